The third-order valence-corrected chi connectivity index (χ3v) is 4.55. The zero-order valence-corrected chi connectivity index (χ0v) is 12.9. The lowest BCUT2D eigenvalue weighted by molar-refractivity contribution is 0.582. The first kappa shape index (κ1) is 15.2. The number of benzene rings is 1. The van der Waals surface area contributed by atoms with Crippen LogP contribution in [0.2, 0.25) is 0 Å². The van der Waals surface area contributed by atoms with Crippen LogP contribution in [0, 0.1) is 0 Å². The molecule has 1 heterocycles. The second-order valence-electron chi connectivity index (χ2n) is 4.48. The summed E-state index contributed by atoms with van der Waals surface area (Å²) in [4.78, 5) is 2.49. The van der Waals surface area contributed by atoms with Crippen LogP contribution in [0.4, 0.5) is 0 Å². The average Bonchev–Trinajstić information content (AvgIpc) is 2.87. The molecule has 0 saturated carbocycles. The summed E-state index contributed by atoms with van der Waals surface area (Å²) in [7, 11) is -3.09. The van der Waals surface area contributed by atoms with Crippen molar-refractivity contribution >= 4 is 21.4 Å². The van der Waals surface area contributed by atoms with Crippen molar-refractivity contribution in [1.29, 1.82) is 0 Å². The number of thiophene rings is 1. The Morgan fingerprint density at radius 2 is 1.80 bits per heavy atom. The Morgan fingerprint density at radius 3 is 2.50 bits per heavy atom. The quantitative estimate of drug-likeness (QED) is 0.770. The van der Waals surface area contributed by atoms with Crippen LogP contribution in [-0.2, 0) is 16.6 Å². The first-order valence-electron chi connectivity index (χ1n) is 6.34. The summed E-state index contributed by atoms with van der Waals surface area (Å²) in [6.45, 7) is 1.78. The van der Waals surface area contributed by atoms with Gasteiger partial charge in [-0.05, 0) is 17.7 Å². The fraction of sp³-hybridized carbons (Fsp3) is 0.286. The molecular weight excluding hydrogens is 292 g/mol. The normalized spacial score (nSPS) is 11.7. The minimum atomic E-state index is -3.09. The molecule has 0 amide bonds. The average molecular weight is 310 g/mol. The lowest BCUT2D eigenvalue weighted by Gasteiger charge is -2.03. The molecule has 0 bridgehead atoms. The van der Waals surface area contributed by atoms with E-state index in [1.807, 2.05) is 18.2 Å². The molecule has 2 aromatic rings. The van der Waals surface area contributed by atoms with E-state index in [1.165, 1.54) is 21.6 Å². The molecule has 0 atom stereocenters. The maximum atomic E-state index is 10.9. The van der Waals surface area contributed by atoms with E-state index in [0.717, 1.165) is 6.54 Å². The third-order valence-electron chi connectivity index (χ3n) is 2.69. The summed E-state index contributed by atoms with van der Waals surface area (Å²) in [5.74, 6) is 0. The molecule has 2 rings (SSSR count). The first-order chi connectivity index (χ1) is 9.54. The van der Waals surface area contributed by atoms with Crippen molar-refractivity contribution in [3.8, 4) is 10.4 Å². The Morgan fingerprint density at radius 1 is 1.05 bits per heavy atom. The second kappa shape index (κ2) is 6.99. The highest BCUT2D eigenvalue weighted by Crippen LogP contribution is 2.27. The minimum Gasteiger partial charge on any atom is -0.311 e. The third kappa shape index (κ3) is 5.05. The van der Waals surface area contributed by atoms with E-state index in [0.29, 0.717) is 13.1 Å². The van der Waals surface area contributed by atoms with Crippen molar-refractivity contribution in [2.45, 2.75) is 6.54 Å². The van der Waals surface area contributed by atoms with Gasteiger partial charge in [0.2, 0.25) is 10.0 Å². The topological polar surface area (TPSA) is 58.2 Å². The van der Waals surface area contributed by atoms with Gasteiger partial charge in [0, 0.05) is 29.4 Å². The van der Waals surface area contributed by atoms with Gasteiger partial charge >= 0.3 is 0 Å². The molecule has 1 aromatic carbocycles. The summed E-state index contributed by atoms with van der Waals surface area (Å²) >= 11 is 1.75. The number of nitrogens with one attached hydrogen (secondary N) is 2. The lowest BCUT2D eigenvalue weighted by Crippen LogP contribution is -2.30. The van der Waals surface area contributed by atoms with Gasteiger partial charge in [0.05, 0.1) is 6.26 Å². The predicted molar refractivity (Wildman–Crippen MR) is 84.3 cm³/mol. The van der Waals surface area contributed by atoms with Crippen molar-refractivity contribution in [3.05, 3.63) is 47.3 Å². The van der Waals surface area contributed by atoms with Crippen LogP contribution in [0.15, 0.2) is 42.5 Å². The van der Waals surface area contributed by atoms with Crippen LogP contribution < -0.4 is 10.0 Å². The zero-order valence-electron chi connectivity index (χ0n) is 11.3. The van der Waals surface area contributed by atoms with Crippen LogP contribution in [0.3, 0.4) is 0 Å². The highest BCUT2D eigenvalue weighted by molar-refractivity contribution is 7.88. The molecule has 1 aromatic heterocycles. The van der Waals surface area contributed by atoms with Crippen molar-refractivity contribution in [2.24, 2.45) is 0 Å². The molecule has 20 heavy (non-hydrogen) atoms. The van der Waals surface area contributed by atoms with Crippen molar-refractivity contribution in [3.63, 3.8) is 0 Å². The molecule has 0 unspecified atom stereocenters. The maximum Gasteiger partial charge on any atom is 0.208 e. The molecule has 0 fully saturated rings. The summed E-state index contributed by atoms with van der Waals surface area (Å²) in [5, 5.41) is 3.22. The van der Waals surface area contributed by atoms with Gasteiger partial charge in [-0.25, -0.2) is 13.1 Å². The van der Waals surface area contributed by atoms with Gasteiger partial charge in [-0.3, -0.25) is 0 Å². The van der Waals surface area contributed by atoms with E-state index in [9.17, 15) is 8.42 Å². The highest BCUT2D eigenvalue weighted by Gasteiger charge is 2.02. The molecule has 0 radical (unpaired) electrons. The molecule has 4 nitrogen and oxygen atoms in total. The van der Waals surface area contributed by atoms with Crippen LogP contribution >= 0.6 is 11.3 Å². The van der Waals surface area contributed by atoms with Crippen LogP contribution in [0.1, 0.15) is 4.88 Å². The van der Waals surface area contributed by atoms with E-state index < -0.39 is 10.0 Å². The van der Waals surface area contributed by atoms with Gasteiger partial charge in [0.15, 0.2) is 0 Å². The number of hydrogen-bond donors (Lipinski definition) is 2. The van der Waals surface area contributed by atoms with E-state index in [-0.39, 0.29) is 0 Å². The van der Waals surface area contributed by atoms with Gasteiger partial charge in [-0.15, -0.1) is 11.3 Å². The van der Waals surface area contributed by atoms with Gasteiger partial charge in [0.1, 0.15) is 0 Å². The largest absolute Gasteiger partial charge is 0.311 e. The van der Waals surface area contributed by atoms with Gasteiger partial charge < -0.3 is 5.32 Å². The summed E-state index contributed by atoms with van der Waals surface area (Å²) < 4.78 is 24.2. The highest BCUT2D eigenvalue weighted by atomic mass is 32.2. The maximum absolute atomic E-state index is 10.9. The zero-order chi connectivity index (χ0) is 14.4. The van der Waals surface area contributed by atoms with Gasteiger partial charge in [-0.2, -0.15) is 0 Å². The van der Waals surface area contributed by atoms with Gasteiger partial charge in [-0.1, -0.05) is 30.3 Å². The van der Waals surface area contributed by atoms with Crippen LogP contribution in [-0.4, -0.2) is 27.8 Å². The molecule has 2 N–H and O–H groups in total. The van der Waals surface area contributed by atoms with Crippen LogP contribution in [0.5, 0.6) is 0 Å². The van der Waals surface area contributed by atoms with Crippen molar-refractivity contribution in [1.82, 2.24) is 10.0 Å². The van der Waals surface area contributed by atoms with Crippen molar-refractivity contribution in [2.75, 3.05) is 19.3 Å². The predicted octanol–water partition coefficient (Wildman–Crippen LogP) is 2.05. The fourth-order valence-corrected chi connectivity index (χ4v) is 3.22. The summed E-state index contributed by atoms with van der Waals surface area (Å²) in [6.07, 6.45) is 1.17. The molecule has 0 spiro atoms. The SMILES string of the molecule is CS(=O)(=O)NCCNCc1ccc(-c2ccccc2)s1. The molecule has 0 saturated heterocycles. The number of sulfonamides is 1. The van der Waals surface area contributed by atoms with Crippen molar-refractivity contribution < 1.29 is 8.42 Å². The molecule has 6 heteroatoms. The molecule has 0 aliphatic heterocycles. The fourth-order valence-electron chi connectivity index (χ4n) is 1.77. The van der Waals surface area contributed by atoms with E-state index in [2.05, 4.69) is 34.3 Å². The number of rotatable bonds is 7. The Labute approximate surface area is 123 Å². The summed E-state index contributed by atoms with van der Waals surface area (Å²) in [6, 6.07) is 14.5. The minimum absolute atomic E-state index is 0.412. The summed E-state index contributed by atoms with van der Waals surface area (Å²) in [5.41, 5.74) is 1.22. The Kier molecular flexibility index (Phi) is 5.31. The van der Waals surface area contributed by atoms with E-state index >= 15 is 0 Å². The lowest BCUT2D eigenvalue weighted by atomic mass is 10.2. The smallest absolute Gasteiger partial charge is 0.208 e. The first-order valence-corrected chi connectivity index (χ1v) is 9.05. The molecule has 0 aliphatic carbocycles. The van der Waals surface area contributed by atoms with E-state index in [4.69, 9.17) is 0 Å². The van der Waals surface area contributed by atoms with E-state index in [1.54, 1.807) is 11.3 Å². The van der Waals surface area contributed by atoms with Gasteiger partial charge in [0.25, 0.3) is 0 Å². The van der Waals surface area contributed by atoms with Crippen LogP contribution in [0.25, 0.3) is 10.4 Å². The Bertz CT molecular complexity index is 636. The molecule has 0 aliphatic rings. The number of hydrogen-bond acceptors (Lipinski definition) is 4. The molecule has 108 valence electrons. The Balaban J connectivity index is 1.79. The Hall–Kier alpha value is -1.21. The monoisotopic (exact) mass is 310 g/mol. The molecular formula is C14H18N2O2S2. The second-order valence-corrected chi connectivity index (χ2v) is 7.48. The standard InChI is InChI=1S/C14H18N2O2S2/c1-20(17,18)16-10-9-15-11-13-7-8-14(19-13)12-5-3-2-4-6-12/h2-8,15-16H,9-11H2,1H3.